The number of rotatable bonds is 4. The molecular weight excluding hydrogens is 341 g/mol. The molecule has 0 spiro atoms. The van der Waals surface area contributed by atoms with Crippen molar-refractivity contribution in [1.82, 2.24) is 20.3 Å². The third kappa shape index (κ3) is 2.34. The highest BCUT2D eigenvalue weighted by Gasteiger charge is 2.59. The molecule has 1 saturated carbocycles. The molecule has 3 aliphatic rings. The SMILES string of the molecule is O=C1NC[C@H]2[C@@H]1[C@@H]2c1ccc(N2C[C@H](Cn3ccnn3)OC2=O)cc1F. The van der Waals surface area contributed by atoms with Gasteiger partial charge in [-0.2, -0.15) is 0 Å². The van der Waals surface area contributed by atoms with Crippen LogP contribution in [0.1, 0.15) is 11.5 Å². The number of nitrogens with one attached hydrogen (secondary N) is 1. The summed E-state index contributed by atoms with van der Waals surface area (Å²) >= 11 is 0. The van der Waals surface area contributed by atoms with Gasteiger partial charge in [0.1, 0.15) is 11.9 Å². The van der Waals surface area contributed by atoms with E-state index in [2.05, 4.69) is 15.6 Å². The van der Waals surface area contributed by atoms with Crippen molar-refractivity contribution in [2.75, 3.05) is 18.0 Å². The van der Waals surface area contributed by atoms with Crippen LogP contribution in [0.3, 0.4) is 0 Å². The van der Waals surface area contributed by atoms with E-state index in [0.717, 1.165) is 0 Å². The minimum Gasteiger partial charge on any atom is -0.442 e. The Morgan fingerprint density at radius 3 is 2.88 bits per heavy atom. The summed E-state index contributed by atoms with van der Waals surface area (Å²) in [6.07, 6.45) is 2.35. The summed E-state index contributed by atoms with van der Waals surface area (Å²) in [7, 11) is 0. The standard InChI is InChI=1S/C17H16FN5O3/c18-13-5-9(1-2-11(13)14-12-6-19-16(24)15(12)14)23-8-10(26-17(23)25)7-22-4-3-20-21-22/h1-5,10,12,14-15H,6-8H2,(H,19,24)/t10-,12+,14+,15+/m0/s1. The summed E-state index contributed by atoms with van der Waals surface area (Å²) in [6, 6.07) is 4.74. The van der Waals surface area contributed by atoms with Gasteiger partial charge < -0.3 is 10.1 Å². The average Bonchev–Trinajstić information content (AvgIpc) is 2.98. The fourth-order valence-electron chi connectivity index (χ4n) is 4.07. The maximum Gasteiger partial charge on any atom is 0.414 e. The molecule has 0 radical (unpaired) electrons. The molecule has 1 N–H and O–H groups in total. The second-order valence-electron chi connectivity index (χ2n) is 6.91. The Balaban J connectivity index is 1.32. The first-order valence-electron chi connectivity index (χ1n) is 8.51. The van der Waals surface area contributed by atoms with E-state index in [9.17, 15) is 14.0 Å². The lowest BCUT2D eigenvalue weighted by atomic mass is 10.1. The third-order valence-electron chi connectivity index (χ3n) is 5.37. The zero-order valence-corrected chi connectivity index (χ0v) is 13.7. The van der Waals surface area contributed by atoms with Gasteiger partial charge in [-0.25, -0.2) is 13.9 Å². The molecule has 2 amide bonds. The predicted molar refractivity (Wildman–Crippen MR) is 86.8 cm³/mol. The van der Waals surface area contributed by atoms with E-state index in [-0.39, 0.29) is 35.6 Å². The number of carbonyl (C=O) groups is 2. The monoisotopic (exact) mass is 357 g/mol. The van der Waals surface area contributed by atoms with Crippen molar-refractivity contribution in [3.8, 4) is 0 Å². The van der Waals surface area contributed by atoms with Gasteiger partial charge in [0.15, 0.2) is 0 Å². The highest BCUT2D eigenvalue weighted by Crippen LogP contribution is 2.57. The van der Waals surface area contributed by atoms with Crippen LogP contribution >= 0.6 is 0 Å². The molecule has 26 heavy (non-hydrogen) atoms. The first kappa shape index (κ1) is 15.3. The van der Waals surface area contributed by atoms with Gasteiger partial charge in [-0.3, -0.25) is 9.69 Å². The summed E-state index contributed by atoms with van der Waals surface area (Å²) in [4.78, 5) is 25.2. The normalized spacial score (nSPS) is 29.5. The molecule has 134 valence electrons. The van der Waals surface area contributed by atoms with Crippen molar-refractivity contribution in [2.45, 2.75) is 18.6 Å². The Bertz CT molecular complexity index is 887. The number of benzene rings is 1. The van der Waals surface area contributed by atoms with Crippen LogP contribution in [-0.2, 0) is 16.1 Å². The molecule has 3 fully saturated rings. The number of fused-ring (bicyclic) bond motifs is 1. The highest BCUT2D eigenvalue weighted by atomic mass is 19.1. The van der Waals surface area contributed by atoms with Gasteiger partial charge in [0.2, 0.25) is 5.91 Å². The Hall–Kier alpha value is -2.97. The summed E-state index contributed by atoms with van der Waals surface area (Å²) in [6.45, 7) is 1.32. The maximum atomic E-state index is 14.6. The Morgan fingerprint density at radius 1 is 1.31 bits per heavy atom. The van der Waals surface area contributed by atoms with Crippen molar-refractivity contribution < 1.29 is 18.7 Å². The second-order valence-corrected chi connectivity index (χ2v) is 6.91. The summed E-state index contributed by atoms with van der Waals surface area (Å²) in [5.74, 6) is -0.362. The van der Waals surface area contributed by atoms with Crippen molar-refractivity contribution in [1.29, 1.82) is 0 Å². The van der Waals surface area contributed by atoms with Gasteiger partial charge in [0.25, 0.3) is 0 Å². The van der Waals surface area contributed by atoms with Crippen LogP contribution in [0.5, 0.6) is 0 Å². The molecule has 0 unspecified atom stereocenters. The molecule has 1 aromatic heterocycles. The lowest BCUT2D eigenvalue weighted by Crippen LogP contribution is -2.26. The number of carbonyl (C=O) groups excluding carboxylic acids is 2. The van der Waals surface area contributed by atoms with E-state index in [1.165, 1.54) is 11.0 Å². The van der Waals surface area contributed by atoms with E-state index >= 15 is 0 Å². The van der Waals surface area contributed by atoms with E-state index in [1.54, 1.807) is 29.2 Å². The third-order valence-corrected chi connectivity index (χ3v) is 5.37. The molecule has 1 aromatic carbocycles. The number of anilines is 1. The van der Waals surface area contributed by atoms with Gasteiger partial charge in [-0.15, -0.1) is 5.10 Å². The van der Waals surface area contributed by atoms with Crippen LogP contribution in [-0.4, -0.2) is 46.2 Å². The van der Waals surface area contributed by atoms with Gasteiger partial charge in [0, 0.05) is 18.7 Å². The Morgan fingerprint density at radius 2 is 2.19 bits per heavy atom. The lowest BCUT2D eigenvalue weighted by Gasteiger charge is -2.15. The summed E-state index contributed by atoms with van der Waals surface area (Å²) in [5, 5.41) is 10.3. The first-order valence-corrected chi connectivity index (χ1v) is 8.51. The number of ether oxygens (including phenoxy) is 1. The van der Waals surface area contributed by atoms with Gasteiger partial charge in [-0.1, -0.05) is 11.3 Å². The number of nitrogens with zero attached hydrogens (tertiary/aromatic N) is 4. The molecule has 2 aliphatic heterocycles. The largest absolute Gasteiger partial charge is 0.442 e. The first-order chi connectivity index (χ1) is 12.6. The number of hydrogen-bond donors (Lipinski definition) is 1. The Kier molecular flexibility index (Phi) is 3.25. The topological polar surface area (TPSA) is 89.3 Å². The van der Waals surface area contributed by atoms with Crippen molar-refractivity contribution in [3.05, 3.63) is 42.0 Å². The quantitative estimate of drug-likeness (QED) is 0.878. The van der Waals surface area contributed by atoms with E-state index in [4.69, 9.17) is 4.74 Å². The van der Waals surface area contributed by atoms with Gasteiger partial charge in [0.05, 0.1) is 30.9 Å². The number of halogens is 1. The highest BCUT2D eigenvalue weighted by molar-refractivity contribution is 5.90. The molecule has 5 rings (SSSR count). The number of amides is 2. The van der Waals surface area contributed by atoms with Crippen LogP contribution in [0, 0.1) is 17.7 Å². The van der Waals surface area contributed by atoms with Crippen molar-refractivity contribution in [3.63, 3.8) is 0 Å². The van der Waals surface area contributed by atoms with E-state index in [0.29, 0.717) is 30.9 Å². The molecule has 1 aliphatic carbocycles. The minimum atomic E-state index is -0.509. The zero-order valence-electron chi connectivity index (χ0n) is 13.7. The Labute approximate surface area is 147 Å². The van der Waals surface area contributed by atoms with Crippen LogP contribution in [0.15, 0.2) is 30.6 Å². The predicted octanol–water partition coefficient (Wildman–Crippen LogP) is 0.902. The van der Waals surface area contributed by atoms with Gasteiger partial charge in [-0.05, 0) is 23.6 Å². The summed E-state index contributed by atoms with van der Waals surface area (Å²) < 4.78 is 21.5. The fraction of sp³-hybridized carbons (Fsp3) is 0.412. The fourth-order valence-corrected chi connectivity index (χ4v) is 4.07. The number of cyclic esters (lactones) is 1. The molecular formula is C17H16FN5O3. The average molecular weight is 357 g/mol. The number of aromatic nitrogens is 3. The maximum absolute atomic E-state index is 14.6. The smallest absolute Gasteiger partial charge is 0.414 e. The van der Waals surface area contributed by atoms with E-state index in [1.807, 2.05) is 0 Å². The molecule has 2 saturated heterocycles. The molecule has 0 bridgehead atoms. The lowest BCUT2D eigenvalue weighted by molar-refractivity contribution is -0.121. The number of piperidine rings is 1. The van der Waals surface area contributed by atoms with E-state index < -0.39 is 6.09 Å². The number of hydrogen-bond acceptors (Lipinski definition) is 5. The molecule has 8 nitrogen and oxygen atoms in total. The molecule has 4 atom stereocenters. The zero-order chi connectivity index (χ0) is 17.8. The van der Waals surface area contributed by atoms with Crippen LogP contribution in [0.25, 0.3) is 0 Å². The molecule has 2 aromatic rings. The van der Waals surface area contributed by atoms with Gasteiger partial charge >= 0.3 is 6.09 Å². The van der Waals surface area contributed by atoms with Crippen LogP contribution in [0.4, 0.5) is 14.9 Å². The van der Waals surface area contributed by atoms with Crippen LogP contribution < -0.4 is 10.2 Å². The second kappa shape index (κ2) is 5.52. The minimum absolute atomic E-state index is 0.00236. The van der Waals surface area contributed by atoms with Crippen molar-refractivity contribution in [2.24, 2.45) is 11.8 Å². The van der Waals surface area contributed by atoms with Crippen LogP contribution in [0.2, 0.25) is 0 Å². The molecule has 3 heterocycles. The summed E-state index contributed by atoms with van der Waals surface area (Å²) in [5.41, 5.74) is 0.998. The van der Waals surface area contributed by atoms with Crippen molar-refractivity contribution >= 4 is 17.7 Å². The molecule has 9 heteroatoms.